The van der Waals surface area contributed by atoms with E-state index in [0.717, 1.165) is 12.8 Å². The highest BCUT2D eigenvalue weighted by atomic mass is 32.1. The van der Waals surface area contributed by atoms with Gasteiger partial charge in [0.15, 0.2) is 0 Å². The number of esters is 1. The zero-order valence-electron chi connectivity index (χ0n) is 13.1. The van der Waals surface area contributed by atoms with Gasteiger partial charge in [-0.15, -0.1) is 11.3 Å². The van der Waals surface area contributed by atoms with E-state index in [1.807, 2.05) is 6.07 Å². The molecular weight excluding hydrogens is 314 g/mol. The summed E-state index contributed by atoms with van der Waals surface area (Å²) in [6.07, 6.45) is 2.02. The van der Waals surface area contributed by atoms with E-state index in [4.69, 9.17) is 9.47 Å². The van der Waals surface area contributed by atoms with Crippen LogP contribution in [0.1, 0.15) is 40.5 Å². The molecule has 0 aliphatic rings. The van der Waals surface area contributed by atoms with Gasteiger partial charge in [-0.2, -0.15) is 0 Å². The minimum Gasteiger partial charge on any atom is -0.494 e. The molecule has 0 unspecified atom stereocenters. The van der Waals surface area contributed by atoms with Crippen LogP contribution in [0.15, 0.2) is 35.7 Å². The maximum Gasteiger partial charge on any atom is 0.340 e. The van der Waals surface area contributed by atoms with Crippen molar-refractivity contribution in [2.45, 2.75) is 19.8 Å². The molecule has 0 bridgehead atoms. The number of ether oxygens (including phenoxy) is 2. The Bertz CT molecular complexity index is 681. The molecule has 0 aliphatic heterocycles. The summed E-state index contributed by atoms with van der Waals surface area (Å²) in [7, 11) is 1.31. The van der Waals surface area contributed by atoms with E-state index >= 15 is 0 Å². The topological polar surface area (TPSA) is 64.6 Å². The summed E-state index contributed by atoms with van der Waals surface area (Å²) in [5.41, 5.74) is 0.824. The van der Waals surface area contributed by atoms with Crippen LogP contribution in [0.2, 0.25) is 0 Å². The molecule has 2 rings (SSSR count). The average Bonchev–Trinajstić information content (AvgIpc) is 3.03. The van der Waals surface area contributed by atoms with Gasteiger partial charge in [-0.3, -0.25) is 4.79 Å². The van der Waals surface area contributed by atoms with Crippen LogP contribution >= 0.6 is 11.3 Å². The lowest BCUT2D eigenvalue weighted by molar-refractivity contribution is 0.0602. The van der Waals surface area contributed by atoms with Gasteiger partial charge in [-0.1, -0.05) is 19.4 Å². The van der Waals surface area contributed by atoms with Crippen LogP contribution in [0.3, 0.4) is 0 Å². The van der Waals surface area contributed by atoms with E-state index < -0.39 is 5.97 Å². The van der Waals surface area contributed by atoms with Crippen LogP contribution in [-0.4, -0.2) is 25.6 Å². The number of amides is 1. The first-order valence-corrected chi connectivity index (χ1v) is 8.23. The highest BCUT2D eigenvalue weighted by molar-refractivity contribution is 7.14. The summed E-state index contributed by atoms with van der Waals surface area (Å²) >= 11 is 1.27. The lowest BCUT2D eigenvalue weighted by Crippen LogP contribution is -2.13. The quantitative estimate of drug-likeness (QED) is 0.615. The van der Waals surface area contributed by atoms with E-state index in [1.54, 1.807) is 29.6 Å². The summed E-state index contributed by atoms with van der Waals surface area (Å²) in [6.45, 7) is 2.71. The van der Waals surface area contributed by atoms with Crippen molar-refractivity contribution in [3.63, 3.8) is 0 Å². The third-order valence-corrected chi connectivity index (χ3v) is 3.99. The van der Waals surface area contributed by atoms with Gasteiger partial charge in [0, 0.05) is 5.56 Å². The lowest BCUT2D eigenvalue weighted by Gasteiger charge is -2.08. The van der Waals surface area contributed by atoms with E-state index in [9.17, 15) is 9.59 Å². The summed E-state index contributed by atoms with van der Waals surface area (Å²) < 4.78 is 10.3. The fourth-order valence-corrected chi connectivity index (χ4v) is 2.68. The van der Waals surface area contributed by atoms with Crippen molar-refractivity contribution in [1.82, 2.24) is 0 Å². The molecule has 1 amide bonds. The predicted octanol–water partition coefficient (Wildman–Crippen LogP) is 3.97. The standard InChI is InChI=1S/C17H19NO4S/c1-3-4-9-22-13-7-5-6-12(11-13)15(19)18-16-14(8-10-23-16)17(20)21-2/h5-8,10-11H,3-4,9H2,1-2H3,(H,18,19). The van der Waals surface area contributed by atoms with Gasteiger partial charge in [-0.25, -0.2) is 4.79 Å². The minimum atomic E-state index is -0.474. The fourth-order valence-electron chi connectivity index (χ4n) is 1.91. The number of benzene rings is 1. The van der Waals surface area contributed by atoms with Gasteiger partial charge in [0.2, 0.25) is 0 Å². The van der Waals surface area contributed by atoms with Gasteiger partial charge in [0.25, 0.3) is 5.91 Å². The number of thiophene rings is 1. The number of methoxy groups -OCH3 is 1. The average molecular weight is 333 g/mol. The molecule has 23 heavy (non-hydrogen) atoms. The number of anilines is 1. The van der Waals surface area contributed by atoms with Crippen LogP contribution < -0.4 is 10.1 Å². The molecule has 1 N–H and O–H groups in total. The normalized spacial score (nSPS) is 10.2. The molecule has 0 radical (unpaired) electrons. The summed E-state index contributed by atoms with van der Waals surface area (Å²) in [6, 6.07) is 8.60. The number of rotatable bonds is 7. The van der Waals surface area contributed by atoms with Gasteiger partial charge < -0.3 is 14.8 Å². The number of hydrogen-bond donors (Lipinski definition) is 1. The molecule has 122 valence electrons. The van der Waals surface area contributed by atoms with E-state index in [0.29, 0.717) is 28.5 Å². The number of carbonyl (C=O) groups excluding carboxylic acids is 2. The van der Waals surface area contributed by atoms with Crippen LogP contribution in [0.25, 0.3) is 0 Å². The maximum atomic E-state index is 12.3. The Morgan fingerprint density at radius 1 is 1.26 bits per heavy atom. The Morgan fingerprint density at radius 3 is 2.83 bits per heavy atom. The Balaban J connectivity index is 2.08. The van der Waals surface area contributed by atoms with Crippen molar-refractivity contribution >= 4 is 28.2 Å². The van der Waals surface area contributed by atoms with Gasteiger partial charge >= 0.3 is 5.97 Å². The Labute approximate surface area is 139 Å². The zero-order valence-corrected chi connectivity index (χ0v) is 13.9. The van der Waals surface area contributed by atoms with Gasteiger partial charge in [0.1, 0.15) is 10.8 Å². The first kappa shape index (κ1) is 17.0. The number of nitrogens with one attached hydrogen (secondary N) is 1. The van der Waals surface area contributed by atoms with Crippen LogP contribution in [0.4, 0.5) is 5.00 Å². The van der Waals surface area contributed by atoms with Crippen molar-refractivity contribution in [3.8, 4) is 5.75 Å². The molecule has 0 atom stereocenters. The molecular formula is C17H19NO4S. The van der Waals surface area contributed by atoms with Crippen LogP contribution in [0, 0.1) is 0 Å². The second-order valence-corrected chi connectivity index (χ2v) is 5.76. The summed E-state index contributed by atoms with van der Waals surface area (Å²) in [5.74, 6) is -0.109. The predicted molar refractivity (Wildman–Crippen MR) is 90.5 cm³/mol. The third-order valence-electron chi connectivity index (χ3n) is 3.16. The number of hydrogen-bond acceptors (Lipinski definition) is 5. The Hall–Kier alpha value is -2.34. The van der Waals surface area contributed by atoms with Gasteiger partial charge in [-0.05, 0) is 36.1 Å². The third kappa shape index (κ3) is 4.56. The molecule has 0 aliphatic carbocycles. The summed E-state index contributed by atoms with van der Waals surface area (Å²) in [5, 5.41) is 4.94. The second-order valence-electron chi connectivity index (χ2n) is 4.84. The summed E-state index contributed by atoms with van der Waals surface area (Å²) in [4.78, 5) is 24.0. The highest BCUT2D eigenvalue weighted by Crippen LogP contribution is 2.25. The van der Waals surface area contributed by atoms with Crippen molar-refractivity contribution in [2.75, 3.05) is 19.0 Å². The van der Waals surface area contributed by atoms with Crippen LogP contribution in [0.5, 0.6) is 5.75 Å². The number of carbonyl (C=O) groups is 2. The largest absolute Gasteiger partial charge is 0.494 e. The highest BCUT2D eigenvalue weighted by Gasteiger charge is 2.16. The van der Waals surface area contributed by atoms with Crippen molar-refractivity contribution in [1.29, 1.82) is 0 Å². The zero-order chi connectivity index (χ0) is 16.7. The Kier molecular flexibility index (Phi) is 6.17. The molecule has 1 aromatic heterocycles. The Morgan fingerprint density at radius 2 is 2.09 bits per heavy atom. The molecule has 0 spiro atoms. The fraction of sp³-hybridized carbons (Fsp3) is 0.294. The molecule has 0 fully saturated rings. The van der Waals surface area contributed by atoms with E-state index in [2.05, 4.69) is 12.2 Å². The second kappa shape index (κ2) is 8.33. The van der Waals surface area contributed by atoms with E-state index in [1.165, 1.54) is 18.4 Å². The molecule has 5 nitrogen and oxygen atoms in total. The molecule has 0 saturated heterocycles. The molecule has 6 heteroatoms. The SMILES string of the molecule is CCCCOc1cccc(C(=O)Nc2sccc2C(=O)OC)c1. The number of unbranched alkanes of at least 4 members (excludes halogenated alkanes) is 1. The van der Waals surface area contributed by atoms with Crippen LogP contribution in [-0.2, 0) is 4.74 Å². The first-order valence-electron chi connectivity index (χ1n) is 7.35. The lowest BCUT2D eigenvalue weighted by atomic mass is 10.2. The van der Waals surface area contributed by atoms with E-state index in [-0.39, 0.29) is 5.91 Å². The van der Waals surface area contributed by atoms with Crippen molar-refractivity contribution < 1.29 is 19.1 Å². The van der Waals surface area contributed by atoms with Crippen molar-refractivity contribution in [3.05, 3.63) is 46.8 Å². The monoisotopic (exact) mass is 333 g/mol. The molecule has 0 saturated carbocycles. The first-order chi connectivity index (χ1) is 11.2. The molecule has 2 aromatic rings. The smallest absolute Gasteiger partial charge is 0.340 e. The molecule has 1 aromatic carbocycles. The minimum absolute atomic E-state index is 0.293. The van der Waals surface area contributed by atoms with Gasteiger partial charge in [0.05, 0.1) is 19.3 Å². The van der Waals surface area contributed by atoms with Crippen molar-refractivity contribution in [2.24, 2.45) is 0 Å². The molecule has 1 heterocycles. The maximum absolute atomic E-state index is 12.3.